The van der Waals surface area contributed by atoms with Crippen molar-refractivity contribution in [1.29, 1.82) is 0 Å². The lowest BCUT2D eigenvalue weighted by atomic mass is 10.2. The monoisotopic (exact) mass is 269 g/mol. The summed E-state index contributed by atoms with van der Waals surface area (Å²) in [5.41, 5.74) is 2.53. The molecule has 0 saturated carbocycles. The van der Waals surface area contributed by atoms with E-state index in [1.54, 1.807) is 0 Å². The summed E-state index contributed by atoms with van der Waals surface area (Å²) in [6, 6.07) is 14.5. The van der Waals surface area contributed by atoms with Gasteiger partial charge in [-0.2, -0.15) is 0 Å². The van der Waals surface area contributed by atoms with Gasteiger partial charge in [-0.05, 0) is 42.8 Å². The number of anilines is 1. The average Bonchev–Trinajstić information content (AvgIpc) is 2.52. The number of benzene rings is 1. The Morgan fingerprint density at radius 1 is 1.05 bits per heavy atom. The molecule has 2 aromatic rings. The van der Waals surface area contributed by atoms with Crippen LogP contribution in [0.2, 0.25) is 0 Å². The Labute approximate surface area is 121 Å². The highest BCUT2D eigenvalue weighted by Gasteiger charge is 2.03. The zero-order chi connectivity index (χ0) is 14.0. The molecule has 0 aliphatic rings. The van der Waals surface area contributed by atoms with E-state index in [4.69, 9.17) is 0 Å². The average molecular weight is 269 g/mol. The van der Waals surface area contributed by atoms with Gasteiger partial charge in [0.15, 0.2) is 0 Å². The van der Waals surface area contributed by atoms with E-state index in [-0.39, 0.29) is 0 Å². The third kappa shape index (κ3) is 5.02. The third-order valence-corrected chi connectivity index (χ3v) is 3.36. The first-order valence-electron chi connectivity index (χ1n) is 7.28. The van der Waals surface area contributed by atoms with Crippen LogP contribution in [0.5, 0.6) is 0 Å². The Kier molecular flexibility index (Phi) is 6.06. The number of hydrogen-bond donors (Lipinski definition) is 1. The molecule has 3 nitrogen and oxygen atoms in total. The minimum absolute atomic E-state index is 1.00. The summed E-state index contributed by atoms with van der Waals surface area (Å²) >= 11 is 0. The molecule has 0 spiro atoms. The molecule has 1 aromatic heterocycles. The lowest BCUT2D eigenvalue weighted by molar-refractivity contribution is 0.279. The Balaban J connectivity index is 1.69. The molecule has 1 N–H and O–H groups in total. The second-order valence-electron chi connectivity index (χ2n) is 4.87. The van der Waals surface area contributed by atoms with Gasteiger partial charge < -0.3 is 5.32 Å². The van der Waals surface area contributed by atoms with Crippen LogP contribution in [0.3, 0.4) is 0 Å². The number of pyridine rings is 1. The van der Waals surface area contributed by atoms with Gasteiger partial charge in [0.2, 0.25) is 0 Å². The number of nitrogens with one attached hydrogen (secondary N) is 1. The second kappa shape index (κ2) is 8.33. The smallest absolute Gasteiger partial charge is 0.0340 e. The van der Waals surface area contributed by atoms with Gasteiger partial charge in [-0.1, -0.05) is 25.1 Å². The summed E-state index contributed by atoms with van der Waals surface area (Å²) in [7, 11) is 0. The minimum atomic E-state index is 1.00. The van der Waals surface area contributed by atoms with Crippen LogP contribution in [0, 0.1) is 0 Å². The first-order chi connectivity index (χ1) is 9.88. The van der Waals surface area contributed by atoms with Crippen LogP contribution in [0.15, 0.2) is 54.9 Å². The molecule has 0 aliphatic carbocycles. The predicted octanol–water partition coefficient (Wildman–Crippen LogP) is 3.41. The molecule has 0 unspecified atom stereocenters. The molecule has 1 heterocycles. The topological polar surface area (TPSA) is 28.2 Å². The predicted molar refractivity (Wildman–Crippen MR) is 84.7 cm³/mol. The molecule has 1 aromatic carbocycles. The van der Waals surface area contributed by atoms with Crippen LogP contribution >= 0.6 is 0 Å². The maximum atomic E-state index is 4.06. The summed E-state index contributed by atoms with van der Waals surface area (Å²) in [6.07, 6.45) is 4.87. The fraction of sp³-hybridized carbons (Fsp3) is 0.353. The van der Waals surface area contributed by atoms with E-state index in [1.807, 2.05) is 18.5 Å². The molecule has 0 amide bonds. The summed E-state index contributed by atoms with van der Waals surface area (Å²) in [5.74, 6) is 0. The van der Waals surface area contributed by atoms with E-state index in [9.17, 15) is 0 Å². The Bertz CT molecular complexity index is 470. The highest BCUT2D eigenvalue weighted by molar-refractivity contribution is 5.42. The van der Waals surface area contributed by atoms with E-state index in [2.05, 4.69) is 58.5 Å². The van der Waals surface area contributed by atoms with Gasteiger partial charge in [0.25, 0.3) is 0 Å². The summed E-state index contributed by atoms with van der Waals surface area (Å²) < 4.78 is 0. The van der Waals surface area contributed by atoms with Gasteiger partial charge in [-0.3, -0.25) is 9.88 Å². The van der Waals surface area contributed by atoms with E-state index < -0.39 is 0 Å². The molecule has 0 radical (unpaired) electrons. The Morgan fingerprint density at radius 2 is 1.80 bits per heavy atom. The van der Waals surface area contributed by atoms with E-state index in [0.717, 1.165) is 32.6 Å². The number of aromatic nitrogens is 1. The number of para-hydroxylation sites is 1. The first-order valence-corrected chi connectivity index (χ1v) is 7.28. The fourth-order valence-electron chi connectivity index (χ4n) is 2.19. The molecule has 0 saturated heterocycles. The highest BCUT2D eigenvalue weighted by Crippen LogP contribution is 2.06. The molecular weight excluding hydrogens is 246 g/mol. The zero-order valence-electron chi connectivity index (χ0n) is 12.1. The van der Waals surface area contributed by atoms with Crippen LogP contribution in [-0.2, 0) is 6.54 Å². The van der Waals surface area contributed by atoms with Crippen molar-refractivity contribution in [2.24, 2.45) is 0 Å². The van der Waals surface area contributed by atoms with E-state index in [0.29, 0.717) is 0 Å². The fourth-order valence-corrected chi connectivity index (χ4v) is 2.19. The van der Waals surface area contributed by atoms with Crippen molar-refractivity contribution in [3.05, 3.63) is 60.4 Å². The van der Waals surface area contributed by atoms with Crippen LogP contribution in [0.25, 0.3) is 0 Å². The standard InChI is InChI=1S/C17H23N3/c1-2-20(15-16-9-12-18-13-10-16)14-6-11-19-17-7-4-3-5-8-17/h3-5,7-10,12-13,19H,2,6,11,14-15H2,1H3. The molecule has 0 fully saturated rings. The molecule has 106 valence electrons. The van der Waals surface area contributed by atoms with Crippen molar-refractivity contribution in [2.45, 2.75) is 19.9 Å². The van der Waals surface area contributed by atoms with Crippen LogP contribution < -0.4 is 5.32 Å². The highest BCUT2D eigenvalue weighted by atomic mass is 15.1. The van der Waals surface area contributed by atoms with Crippen LogP contribution in [0.1, 0.15) is 18.9 Å². The maximum Gasteiger partial charge on any atom is 0.0340 e. The normalized spacial score (nSPS) is 10.7. The first kappa shape index (κ1) is 14.5. The molecule has 0 bridgehead atoms. The van der Waals surface area contributed by atoms with Crippen LogP contribution in [-0.4, -0.2) is 29.5 Å². The van der Waals surface area contributed by atoms with Crippen molar-refractivity contribution in [3.63, 3.8) is 0 Å². The number of nitrogens with zero attached hydrogens (tertiary/aromatic N) is 2. The largest absolute Gasteiger partial charge is 0.385 e. The molecule has 3 heteroatoms. The zero-order valence-corrected chi connectivity index (χ0v) is 12.1. The van der Waals surface area contributed by atoms with Crippen molar-refractivity contribution in [1.82, 2.24) is 9.88 Å². The van der Waals surface area contributed by atoms with Crippen molar-refractivity contribution >= 4 is 5.69 Å². The summed E-state index contributed by atoms with van der Waals surface area (Å²) in [5, 5.41) is 3.45. The van der Waals surface area contributed by atoms with Gasteiger partial charge in [0.1, 0.15) is 0 Å². The second-order valence-corrected chi connectivity index (χ2v) is 4.87. The van der Waals surface area contributed by atoms with Gasteiger partial charge in [0.05, 0.1) is 0 Å². The maximum absolute atomic E-state index is 4.06. The van der Waals surface area contributed by atoms with E-state index in [1.165, 1.54) is 11.3 Å². The van der Waals surface area contributed by atoms with Gasteiger partial charge in [-0.25, -0.2) is 0 Å². The molecule has 0 atom stereocenters. The summed E-state index contributed by atoms with van der Waals surface area (Å²) in [4.78, 5) is 6.52. The third-order valence-electron chi connectivity index (χ3n) is 3.36. The van der Waals surface area contributed by atoms with Gasteiger partial charge >= 0.3 is 0 Å². The van der Waals surface area contributed by atoms with Gasteiger partial charge in [-0.15, -0.1) is 0 Å². The SMILES string of the molecule is CCN(CCCNc1ccccc1)Cc1ccncc1. The minimum Gasteiger partial charge on any atom is -0.385 e. The lowest BCUT2D eigenvalue weighted by Crippen LogP contribution is -2.25. The Morgan fingerprint density at radius 3 is 2.50 bits per heavy atom. The lowest BCUT2D eigenvalue weighted by Gasteiger charge is -2.20. The van der Waals surface area contributed by atoms with Crippen molar-refractivity contribution < 1.29 is 0 Å². The molecular formula is C17H23N3. The number of hydrogen-bond acceptors (Lipinski definition) is 3. The van der Waals surface area contributed by atoms with Gasteiger partial charge in [0, 0.05) is 37.7 Å². The molecule has 20 heavy (non-hydrogen) atoms. The summed E-state index contributed by atoms with van der Waals surface area (Å²) in [6.45, 7) is 6.42. The van der Waals surface area contributed by atoms with E-state index >= 15 is 0 Å². The quantitative estimate of drug-likeness (QED) is 0.744. The Hall–Kier alpha value is -1.87. The molecule has 2 rings (SSSR count). The van der Waals surface area contributed by atoms with Crippen molar-refractivity contribution in [2.75, 3.05) is 25.0 Å². The molecule has 0 aliphatic heterocycles. The van der Waals surface area contributed by atoms with Crippen molar-refractivity contribution in [3.8, 4) is 0 Å². The van der Waals surface area contributed by atoms with Crippen LogP contribution in [0.4, 0.5) is 5.69 Å². The number of rotatable bonds is 8.